The number of nitrogens with one attached hydrogen (secondary N) is 1. The fourth-order valence-corrected chi connectivity index (χ4v) is 1.85. The van der Waals surface area contributed by atoms with Gasteiger partial charge in [-0.15, -0.1) is 0 Å². The third kappa shape index (κ3) is 5.27. The Kier molecular flexibility index (Phi) is 5.52. The van der Waals surface area contributed by atoms with E-state index >= 15 is 0 Å². The molecule has 0 saturated carbocycles. The molecule has 0 bridgehead atoms. The molecule has 1 aromatic rings. The van der Waals surface area contributed by atoms with Crippen molar-refractivity contribution in [1.29, 1.82) is 0 Å². The summed E-state index contributed by atoms with van der Waals surface area (Å²) in [6.45, 7) is 3.65. The lowest BCUT2D eigenvalue weighted by molar-refractivity contribution is -0.125. The molecule has 5 N–H and O–H groups in total. The van der Waals surface area contributed by atoms with Crippen LogP contribution in [0.15, 0.2) is 24.3 Å². The molecule has 2 amide bonds. The minimum absolute atomic E-state index is 0.0676. The Morgan fingerprint density at radius 3 is 2.55 bits per heavy atom. The summed E-state index contributed by atoms with van der Waals surface area (Å²) in [5, 5.41) is 2.70. The van der Waals surface area contributed by atoms with Gasteiger partial charge in [0.1, 0.15) is 5.75 Å². The van der Waals surface area contributed by atoms with Crippen LogP contribution in [0.2, 0.25) is 0 Å². The van der Waals surface area contributed by atoms with Gasteiger partial charge in [0.2, 0.25) is 5.91 Å². The number of carbonyl (C=O) groups is 2. The van der Waals surface area contributed by atoms with Gasteiger partial charge in [-0.2, -0.15) is 0 Å². The van der Waals surface area contributed by atoms with E-state index in [1.54, 1.807) is 19.9 Å². The van der Waals surface area contributed by atoms with Crippen molar-refractivity contribution in [2.75, 3.05) is 6.61 Å². The maximum absolute atomic E-state index is 11.8. The number of amides is 2. The largest absolute Gasteiger partial charge is 0.483 e. The highest BCUT2D eigenvalue weighted by Gasteiger charge is 2.23. The highest BCUT2D eigenvalue weighted by Crippen LogP contribution is 2.17. The molecule has 20 heavy (non-hydrogen) atoms. The van der Waals surface area contributed by atoms with Crippen molar-refractivity contribution in [3.05, 3.63) is 29.8 Å². The SMILES string of the molecule is CC(C)(CC(N)=O)NC(=O)COc1ccccc1CN. The summed E-state index contributed by atoms with van der Waals surface area (Å²) >= 11 is 0. The van der Waals surface area contributed by atoms with E-state index in [0.717, 1.165) is 5.56 Å². The molecule has 0 spiro atoms. The predicted octanol–water partition coefficient (Wildman–Crippen LogP) is 0.294. The summed E-state index contributed by atoms with van der Waals surface area (Å²) in [5.74, 6) is -0.203. The molecule has 0 aliphatic rings. The fourth-order valence-electron chi connectivity index (χ4n) is 1.85. The number of benzene rings is 1. The summed E-state index contributed by atoms with van der Waals surface area (Å²) < 4.78 is 5.43. The predicted molar refractivity (Wildman–Crippen MR) is 75.9 cm³/mol. The Balaban J connectivity index is 2.53. The first kappa shape index (κ1) is 16.0. The standard InChI is InChI=1S/C14H21N3O3/c1-14(2,7-12(16)18)17-13(19)9-20-11-6-4-3-5-10(11)8-15/h3-6H,7-9,15H2,1-2H3,(H2,16,18)(H,17,19). The number of rotatable bonds is 7. The molecule has 0 aliphatic heterocycles. The van der Waals surface area contributed by atoms with E-state index in [0.29, 0.717) is 12.3 Å². The Hall–Kier alpha value is -2.08. The lowest BCUT2D eigenvalue weighted by atomic mass is 10.0. The quantitative estimate of drug-likeness (QED) is 0.667. The second-order valence-electron chi connectivity index (χ2n) is 5.18. The van der Waals surface area contributed by atoms with Crippen molar-refractivity contribution in [3.63, 3.8) is 0 Å². The first-order valence-electron chi connectivity index (χ1n) is 6.34. The first-order chi connectivity index (χ1) is 9.34. The normalized spacial score (nSPS) is 10.9. The van der Waals surface area contributed by atoms with Crippen LogP contribution in [0.3, 0.4) is 0 Å². The van der Waals surface area contributed by atoms with Crippen LogP contribution in [0, 0.1) is 0 Å². The zero-order valence-electron chi connectivity index (χ0n) is 11.8. The van der Waals surface area contributed by atoms with Gasteiger partial charge in [-0.1, -0.05) is 18.2 Å². The molecule has 0 saturated heterocycles. The summed E-state index contributed by atoms with van der Waals surface area (Å²) in [6, 6.07) is 7.25. The number of ether oxygens (including phenoxy) is 1. The van der Waals surface area contributed by atoms with Crippen molar-refractivity contribution in [2.24, 2.45) is 11.5 Å². The van der Waals surface area contributed by atoms with Crippen LogP contribution in [0.25, 0.3) is 0 Å². The van der Waals surface area contributed by atoms with Crippen LogP contribution >= 0.6 is 0 Å². The Morgan fingerprint density at radius 1 is 1.30 bits per heavy atom. The molecule has 6 nitrogen and oxygen atoms in total. The van der Waals surface area contributed by atoms with Crippen molar-refractivity contribution in [3.8, 4) is 5.75 Å². The molecular formula is C14H21N3O3. The fraction of sp³-hybridized carbons (Fsp3) is 0.429. The van der Waals surface area contributed by atoms with Gasteiger partial charge in [-0.25, -0.2) is 0 Å². The number of hydrogen-bond donors (Lipinski definition) is 3. The Labute approximate surface area is 118 Å². The summed E-state index contributed by atoms with van der Waals surface area (Å²) in [7, 11) is 0. The van der Waals surface area contributed by atoms with Gasteiger partial charge in [-0.3, -0.25) is 9.59 Å². The smallest absolute Gasteiger partial charge is 0.258 e. The molecule has 0 unspecified atom stereocenters. The van der Waals surface area contributed by atoms with Crippen LogP contribution in [0.1, 0.15) is 25.8 Å². The topological polar surface area (TPSA) is 107 Å². The van der Waals surface area contributed by atoms with Gasteiger partial charge in [-0.05, 0) is 19.9 Å². The number of carbonyl (C=O) groups excluding carboxylic acids is 2. The minimum Gasteiger partial charge on any atom is -0.483 e. The lowest BCUT2D eigenvalue weighted by Gasteiger charge is -2.24. The summed E-state index contributed by atoms with van der Waals surface area (Å²) in [5.41, 5.74) is 10.8. The molecule has 110 valence electrons. The zero-order valence-corrected chi connectivity index (χ0v) is 11.8. The van der Waals surface area contributed by atoms with E-state index in [-0.39, 0.29) is 18.9 Å². The molecule has 0 radical (unpaired) electrons. The number of nitrogens with two attached hydrogens (primary N) is 2. The van der Waals surface area contributed by atoms with Crippen molar-refractivity contribution >= 4 is 11.8 Å². The van der Waals surface area contributed by atoms with E-state index in [2.05, 4.69) is 5.32 Å². The van der Waals surface area contributed by atoms with E-state index in [1.807, 2.05) is 18.2 Å². The molecule has 0 fully saturated rings. The third-order valence-corrected chi connectivity index (χ3v) is 2.65. The first-order valence-corrected chi connectivity index (χ1v) is 6.34. The summed E-state index contributed by atoms with van der Waals surface area (Å²) in [4.78, 5) is 22.7. The van der Waals surface area contributed by atoms with Crippen LogP contribution in [-0.4, -0.2) is 24.0 Å². The van der Waals surface area contributed by atoms with Crippen LogP contribution in [0.5, 0.6) is 5.75 Å². The average molecular weight is 279 g/mol. The number of hydrogen-bond acceptors (Lipinski definition) is 4. The lowest BCUT2D eigenvalue weighted by Crippen LogP contribution is -2.47. The molecule has 0 aromatic heterocycles. The van der Waals surface area contributed by atoms with Crippen molar-refractivity contribution < 1.29 is 14.3 Å². The van der Waals surface area contributed by atoms with Gasteiger partial charge in [0.15, 0.2) is 6.61 Å². The van der Waals surface area contributed by atoms with Crippen LogP contribution in [-0.2, 0) is 16.1 Å². The molecule has 0 heterocycles. The summed E-state index contributed by atoms with van der Waals surface area (Å²) in [6.07, 6.45) is 0.0676. The molecule has 1 aromatic carbocycles. The minimum atomic E-state index is -0.695. The van der Waals surface area contributed by atoms with Crippen LogP contribution in [0.4, 0.5) is 0 Å². The maximum Gasteiger partial charge on any atom is 0.258 e. The maximum atomic E-state index is 11.8. The van der Waals surface area contributed by atoms with E-state index in [1.165, 1.54) is 0 Å². The Bertz CT molecular complexity index is 486. The highest BCUT2D eigenvalue weighted by molar-refractivity contribution is 5.80. The molecule has 6 heteroatoms. The van der Waals surface area contributed by atoms with Crippen molar-refractivity contribution in [1.82, 2.24) is 5.32 Å². The number of para-hydroxylation sites is 1. The van der Waals surface area contributed by atoms with Crippen molar-refractivity contribution in [2.45, 2.75) is 32.4 Å². The zero-order chi connectivity index (χ0) is 15.2. The second kappa shape index (κ2) is 6.91. The van der Waals surface area contributed by atoms with E-state index in [4.69, 9.17) is 16.2 Å². The molecule has 0 atom stereocenters. The van der Waals surface area contributed by atoms with Crippen LogP contribution < -0.4 is 21.5 Å². The molecular weight excluding hydrogens is 258 g/mol. The van der Waals surface area contributed by atoms with Gasteiger partial charge >= 0.3 is 0 Å². The van der Waals surface area contributed by atoms with Gasteiger partial charge < -0.3 is 21.5 Å². The van der Waals surface area contributed by atoms with Gasteiger partial charge in [0.05, 0.1) is 0 Å². The van der Waals surface area contributed by atoms with E-state index < -0.39 is 11.4 Å². The Morgan fingerprint density at radius 2 is 1.95 bits per heavy atom. The third-order valence-electron chi connectivity index (χ3n) is 2.65. The number of primary amides is 1. The molecule has 0 aliphatic carbocycles. The van der Waals surface area contributed by atoms with Gasteiger partial charge in [0, 0.05) is 24.1 Å². The van der Waals surface area contributed by atoms with E-state index in [9.17, 15) is 9.59 Å². The average Bonchev–Trinajstić information content (AvgIpc) is 2.34. The molecule has 1 rings (SSSR count). The monoisotopic (exact) mass is 279 g/mol. The second-order valence-corrected chi connectivity index (χ2v) is 5.18. The highest BCUT2D eigenvalue weighted by atomic mass is 16.5. The van der Waals surface area contributed by atoms with Gasteiger partial charge in [0.25, 0.3) is 5.91 Å².